The van der Waals surface area contributed by atoms with E-state index in [1.165, 1.54) is 4.80 Å². The van der Waals surface area contributed by atoms with Crippen molar-refractivity contribution in [3.8, 4) is 0 Å². The molecular formula is C17H24N8O2. The second-order valence-corrected chi connectivity index (χ2v) is 8.41. The summed E-state index contributed by atoms with van der Waals surface area (Å²) >= 11 is 0. The summed E-state index contributed by atoms with van der Waals surface area (Å²) in [7, 11) is 0. The second-order valence-electron chi connectivity index (χ2n) is 8.41. The molecule has 0 bridgehead atoms. The van der Waals surface area contributed by atoms with Crippen LogP contribution in [0.2, 0.25) is 0 Å². The molecule has 10 nitrogen and oxygen atoms in total. The van der Waals surface area contributed by atoms with Gasteiger partial charge in [0.25, 0.3) is 0 Å². The molecule has 1 aliphatic heterocycles. The van der Waals surface area contributed by atoms with E-state index in [-0.39, 0.29) is 12.0 Å². The number of nitrogens with zero attached hydrogens (tertiary/aromatic N) is 8. The molecule has 1 atom stereocenters. The summed E-state index contributed by atoms with van der Waals surface area (Å²) in [4.78, 5) is 12.9. The Balaban J connectivity index is 1.79. The molecule has 1 N–H and O–H groups in total. The molecular weight excluding hydrogens is 348 g/mol. The van der Waals surface area contributed by atoms with Crippen molar-refractivity contribution in [3.05, 3.63) is 17.6 Å². The van der Waals surface area contributed by atoms with Gasteiger partial charge in [-0.25, -0.2) is 9.97 Å². The SMILES string of the molecule is Cc1nnc(Cn2nc3nc(C(C)(C)C)nc(N4CCC(C)(O)C4)c3n2)o1. The summed E-state index contributed by atoms with van der Waals surface area (Å²) in [6.07, 6.45) is 0.679. The van der Waals surface area contributed by atoms with Gasteiger partial charge in [0.05, 0.1) is 5.60 Å². The highest BCUT2D eigenvalue weighted by atomic mass is 16.4. The van der Waals surface area contributed by atoms with E-state index in [1.54, 1.807) is 6.92 Å². The van der Waals surface area contributed by atoms with Crippen molar-refractivity contribution < 1.29 is 9.52 Å². The van der Waals surface area contributed by atoms with Crippen LogP contribution in [0.3, 0.4) is 0 Å². The van der Waals surface area contributed by atoms with Crippen molar-refractivity contribution in [2.75, 3.05) is 18.0 Å². The first-order valence-electron chi connectivity index (χ1n) is 9.00. The molecule has 1 unspecified atom stereocenters. The van der Waals surface area contributed by atoms with Gasteiger partial charge in [-0.2, -0.15) is 4.80 Å². The summed E-state index contributed by atoms with van der Waals surface area (Å²) in [5, 5.41) is 27.3. The minimum absolute atomic E-state index is 0.238. The molecule has 0 radical (unpaired) electrons. The molecule has 10 heteroatoms. The van der Waals surface area contributed by atoms with Gasteiger partial charge >= 0.3 is 0 Å². The van der Waals surface area contributed by atoms with Crippen LogP contribution in [0.5, 0.6) is 0 Å². The Kier molecular flexibility index (Phi) is 3.91. The Morgan fingerprint density at radius 1 is 1.19 bits per heavy atom. The Bertz CT molecular complexity index is 985. The Labute approximate surface area is 156 Å². The number of anilines is 1. The van der Waals surface area contributed by atoms with Crippen molar-refractivity contribution in [2.24, 2.45) is 0 Å². The smallest absolute Gasteiger partial charge is 0.239 e. The van der Waals surface area contributed by atoms with E-state index >= 15 is 0 Å². The van der Waals surface area contributed by atoms with E-state index in [9.17, 15) is 5.11 Å². The van der Waals surface area contributed by atoms with Gasteiger partial charge in [-0.05, 0) is 13.3 Å². The fraction of sp³-hybridized carbons (Fsp3) is 0.647. The zero-order valence-electron chi connectivity index (χ0n) is 16.3. The third-order valence-electron chi connectivity index (χ3n) is 4.54. The average molecular weight is 372 g/mol. The second kappa shape index (κ2) is 5.95. The average Bonchev–Trinajstić information content (AvgIpc) is 3.24. The van der Waals surface area contributed by atoms with Crippen molar-refractivity contribution in [1.29, 1.82) is 0 Å². The maximum Gasteiger partial charge on any atom is 0.239 e. The molecule has 1 aliphatic rings. The molecule has 0 aromatic carbocycles. The largest absolute Gasteiger partial charge is 0.423 e. The van der Waals surface area contributed by atoms with Crippen LogP contribution in [0, 0.1) is 6.92 Å². The van der Waals surface area contributed by atoms with Crippen LogP contribution in [0.25, 0.3) is 11.2 Å². The first-order chi connectivity index (χ1) is 12.6. The highest BCUT2D eigenvalue weighted by molar-refractivity contribution is 5.82. The quantitative estimate of drug-likeness (QED) is 0.723. The number of aryl methyl sites for hydroxylation is 1. The van der Waals surface area contributed by atoms with Crippen LogP contribution < -0.4 is 4.90 Å². The maximum absolute atomic E-state index is 10.4. The van der Waals surface area contributed by atoms with Crippen molar-refractivity contribution in [1.82, 2.24) is 35.2 Å². The minimum atomic E-state index is -0.740. The fourth-order valence-corrected chi connectivity index (χ4v) is 3.11. The molecule has 3 aromatic heterocycles. The molecule has 1 fully saturated rings. The summed E-state index contributed by atoms with van der Waals surface area (Å²) in [6, 6.07) is 0. The van der Waals surface area contributed by atoms with Crippen LogP contribution in [0.1, 0.15) is 51.7 Å². The van der Waals surface area contributed by atoms with Gasteiger partial charge in [0.2, 0.25) is 17.4 Å². The Morgan fingerprint density at radius 2 is 1.96 bits per heavy atom. The van der Waals surface area contributed by atoms with Gasteiger partial charge in [-0.3, -0.25) is 0 Å². The molecule has 4 rings (SSSR count). The van der Waals surface area contributed by atoms with Gasteiger partial charge in [-0.15, -0.1) is 20.4 Å². The molecule has 4 heterocycles. The molecule has 0 spiro atoms. The lowest BCUT2D eigenvalue weighted by molar-refractivity contribution is 0.0839. The summed E-state index contributed by atoms with van der Waals surface area (Å²) < 4.78 is 5.42. The molecule has 0 aliphatic carbocycles. The van der Waals surface area contributed by atoms with E-state index in [0.717, 1.165) is 0 Å². The molecule has 1 saturated heterocycles. The fourth-order valence-electron chi connectivity index (χ4n) is 3.11. The standard InChI is InChI=1S/C17H24N8O2/c1-10-20-21-11(27-10)8-25-22-12-13(23-25)18-15(16(2,3)4)19-14(12)24-7-6-17(5,26)9-24/h26H,6-9H2,1-5H3. The molecule has 27 heavy (non-hydrogen) atoms. The molecule has 0 saturated carbocycles. The van der Waals surface area contributed by atoms with Crippen LogP contribution >= 0.6 is 0 Å². The van der Waals surface area contributed by atoms with Crippen molar-refractivity contribution in [3.63, 3.8) is 0 Å². The number of fused-ring (bicyclic) bond motifs is 1. The zero-order chi connectivity index (χ0) is 19.4. The lowest BCUT2D eigenvalue weighted by atomic mass is 9.96. The van der Waals surface area contributed by atoms with Crippen LogP contribution in [0.15, 0.2) is 4.42 Å². The topological polar surface area (TPSA) is 119 Å². The predicted molar refractivity (Wildman–Crippen MR) is 97.4 cm³/mol. The maximum atomic E-state index is 10.4. The lowest BCUT2D eigenvalue weighted by Crippen LogP contribution is -2.31. The number of β-amino-alcohol motifs (C(OH)–C–C–N with tert-alkyl or cyclic N) is 1. The third kappa shape index (κ3) is 3.48. The van der Waals surface area contributed by atoms with E-state index < -0.39 is 5.60 Å². The Hall–Kier alpha value is -2.62. The number of aliphatic hydroxyl groups is 1. The summed E-state index contributed by atoms with van der Waals surface area (Å²) in [5.41, 5.74) is 0.152. The van der Waals surface area contributed by atoms with E-state index in [1.807, 2.05) is 6.92 Å². The zero-order valence-corrected chi connectivity index (χ0v) is 16.3. The molecule has 0 amide bonds. The van der Waals surface area contributed by atoms with Crippen LogP contribution in [0.4, 0.5) is 5.82 Å². The van der Waals surface area contributed by atoms with Gasteiger partial charge in [0, 0.05) is 25.4 Å². The van der Waals surface area contributed by atoms with Gasteiger partial charge in [0.15, 0.2) is 11.3 Å². The van der Waals surface area contributed by atoms with Crippen molar-refractivity contribution >= 4 is 17.0 Å². The van der Waals surface area contributed by atoms with Crippen LogP contribution in [-0.2, 0) is 12.0 Å². The highest BCUT2D eigenvalue weighted by Gasteiger charge is 2.34. The minimum Gasteiger partial charge on any atom is -0.423 e. The van der Waals surface area contributed by atoms with E-state index in [2.05, 4.69) is 51.0 Å². The summed E-state index contributed by atoms with van der Waals surface area (Å²) in [5.74, 6) is 2.33. The van der Waals surface area contributed by atoms with Crippen molar-refractivity contribution in [2.45, 2.75) is 58.6 Å². The Morgan fingerprint density at radius 3 is 2.56 bits per heavy atom. The predicted octanol–water partition coefficient (Wildman–Crippen LogP) is 1.22. The van der Waals surface area contributed by atoms with Gasteiger partial charge in [0.1, 0.15) is 12.4 Å². The third-order valence-corrected chi connectivity index (χ3v) is 4.54. The van der Waals surface area contributed by atoms with Gasteiger partial charge in [-0.1, -0.05) is 20.8 Å². The van der Waals surface area contributed by atoms with Gasteiger partial charge < -0.3 is 14.4 Å². The first-order valence-corrected chi connectivity index (χ1v) is 9.00. The lowest BCUT2D eigenvalue weighted by Gasteiger charge is -2.22. The number of aromatic nitrogens is 7. The van der Waals surface area contributed by atoms with E-state index in [0.29, 0.717) is 54.1 Å². The number of rotatable bonds is 3. The number of hydrogen-bond acceptors (Lipinski definition) is 9. The highest BCUT2D eigenvalue weighted by Crippen LogP contribution is 2.31. The summed E-state index contributed by atoms with van der Waals surface area (Å²) in [6.45, 7) is 11.2. The number of hydrogen-bond donors (Lipinski definition) is 1. The monoisotopic (exact) mass is 372 g/mol. The van der Waals surface area contributed by atoms with E-state index in [4.69, 9.17) is 9.40 Å². The molecule has 144 valence electrons. The van der Waals surface area contributed by atoms with Crippen LogP contribution in [-0.4, -0.2) is 59.0 Å². The first kappa shape index (κ1) is 17.8. The normalized spacial score (nSPS) is 20.7. The molecule has 3 aromatic rings.